The molecule has 8 heteroatoms. The van der Waals surface area contributed by atoms with Crippen LogP contribution in [0.25, 0.3) is 5.69 Å². The molecule has 0 aliphatic heterocycles. The fourth-order valence-corrected chi connectivity index (χ4v) is 2.44. The lowest BCUT2D eigenvalue weighted by molar-refractivity contribution is -0.141. The summed E-state index contributed by atoms with van der Waals surface area (Å²) in [6.07, 6.45) is -0.876. The van der Waals surface area contributed by atoms with Crippen molar-refractivity contribution >= 4 is 5.82 Å². The molecule has 0 aliphatic carbocycles. The molecule has 3 aromatic rings. The summed E-state index contributed by atoms with van der Waals surface area (Å²) in [7, 11) is 0. The second-order valence-corrected chi connectivity index (χ2v) is 5.60. The normalized spacial score (nSPS) is 12.8. The van der Waals surface area contributed by atoms with Gasteiger partial charge in [-0.05, 0) is 43.7 Å². The van der Waals surface area contributed by atoms with Gasteiger partial charge in [0.25, 0.3) is 0 Å². The third-order valence-electron chi connectivity index (χ3n) is 3.82. The van der Waals surface area contributed by atoms with Crippen molar-refractivity contribution in [3.8, 4) is 5.69 Å². The number of benzene rings is 1. The van der Waals surface area contributed by atoms with Gasteiger partial charge in [-0.3, -0.25) is 0 Å². The number of nitrogens with one attached hydrogen (secondary N) is 1. The fraction of sp³-hybridized carbons (Fsp3) is 0.235. The van der Waals surface area contributed by atoms with E-state index in [9.17, 15) is 13.2 Å². The van der Waals surface area contributed by atoms with Gasteiger partial charge in [0, 0.05) is 18.1 Å². The number of hydrogen-bond acceptors (Lipinski definition) is 4. The maximum absolute atomic E-state index is 12.5. The topological polar surface area (TPSA) is 55.6 Å². The SMILES string of the molecule is Cc1nccn1-c1ccc(C(C)Nc2ccc(C(F)(F)F)nn2)cc1. The summed E-state index contributed by atoms with van der Waals surface area (Å²) in [5.41, 5.74) is 0.953. The molecule has 1 atom stereocenters. The fourth-order valence-electron chi connectivity index (χ4n) is 2.44. The van der Waals surface area contributed by atoms with Crippen LogP contribution in [0.2, 0.25) is 0 Å². The number of rotatable bonds is 4. The maximum atomic E-state index is 12.5. The van der Waals surface area contributed by atoms with Crippen LogP contribution in [0.15, 0.2) is 48.8 Å². The zero-order valence-corrected chi connectivity index (χ0v) is 13.6. The lowest BCUT2D eigenvalue weighted by atomic mass is 10.1. The predicted octanol–water partition coefficient (Wildman–Crippen LogP) is 4.16. The molecule has 0 aliphatic rings. The molecule has 0 spiro atoms. The number of hydrogen-bond donors (Lipinski definition) is 1. The van der Waals surface area contributed by atoms with Crippen LogP contribution >= 0.6 is 0 Å². The molecular weight excluding hydrogens is 331 g/mol. The van der Waals surface area contributed by atoms with E-state index in [1.54, 1.807) is 6.20 Å². The number of aryl methyl sites for hydroxylation is 1. The summed E-state index contributed by atoms with van der Waals surface area (Å²) in [5.74, 6) is 1.17. The van der Waals surface area contributed by atoms with Gasteiger partial charge < -0.3 is 9.88 Å². The van der Waals surface area contributed by atoms with Gasteiger partial charge in [0.2, 0.25) is 0 Å². The summed E-state index contributed by atoms with van der Waals surface area (Å²) in [5, 5.41) is 9.84. The molecule has 1 N–H and O–H groups in total. The van der Waals surface area contributed by atoms with E-state index >= 15 is 0 Å². The number of imidazole rings is 1. The minimum atomic E-state index is -4.49. The highest BCUT2D eigenvalue weighted by Crippen LogP contribution is 2.27. The Hall–Kier alpha value is -2.90. The monoisotopic (exact) mass is 347 g/mol. The minimum absolute atomic E-state index is 0.135. The van der Waals surface area contributed by atoms with Crippen LogP contribution in [0.4, 0.5) is 19.0 Å². The molecule has 25 heavy (non-hydrogen) atoms. The Morgan fingerprint density at radius 1 is 1.04 bits per heavy atom. The third-order valence-corrected chi connectivity index (χ3v) is 3.82. The zero-order chi connectivity index (χ0) is 18.0. The van der Waals surface area contributed by atoms with Crippen LogP contribution in [0.5, 0.6) is 0 Å². The van der Waals surface area contributed by atoms with Gasteiger partial charge in [-0.1, -0.05) is 12.1 Å². The third kappa shape index (κ3) is 3.78. The smallest absolute Gasteiger partial charge is 0.362 e. The quantitative estimate of drug-likeness (QED) is 0.770. The zero-order valence-electron chi connectivity index (χ0n) is 13.6. The first-order chi connectivity index (χ1) is 11.8. The van der Waals surface area contributed by atoms with Gasteiger partial charge in [0.05, 0.1) is 6.04 Å². The molecule has 2 heterocycles. The minimum Gasteiger partial charge on any atom is -0.362 e. The number of nitrogens with zero attached hydrogens (tertiary/aromatic N) is 4. The second kappa shape index (κ2) is 6.54. The van der Waals surface area contributed by atoms with Gasteiger partial charge in [0.15, 0.2) is 5.69 Å². The van der Waals surface area contributed by atoms with E-state index in [0.717, 1.165) is 23.1 Å². The van der Waals surface area contributed by atoms with E-state index < -0.39 is 11.9 Å². The highest BCUT2D eigenvalue weighted by molar-refractivity contribution is 5.41. The molecule has 0 fully saturated rings. The largest absolute Gasteiger partial charge is 0.435 e. The molecule has 0 amide bonds. The van der Waals surface area contributed by atoms with Crippen LogP contribution in [-0.4, -0.2) is 19.7 Å². The number of aromatic nitrogens is 4. The van der Waals surface area contributed by atoms with Crippen molar-refractivity contribution in [3.63, 3.8) is 0 Å². The lowest BCUT2D eigenvalue weighted by Crippen LogP contribution is -2.12. The van der Waals surface area contributed by atoms with Crippen molar-refractivity contribution in [2.75, 3.05) is 5.32 Å². The van der Waals surface area contributed by atoms with Crippen LogP contribution in [0.3, 0.4) is 0 Å². The Kier molecular flexibility index (Phi) is 4.43. The molecule has 1 unspecified atom stereocenters. The summed E-state index contributed by atoms with van der Waals surface area (Å²) >= 11 is 0. The summed E-state index contributed by atoms with van der Waals surface area (Å²) in [4.78, 5) is 4.19. The molecule has 0 saturated heterocycles. The first-order valence-corrected chi connectivity index (χ1v) is 7.62. The van der Waals surface area contributed by atoms with Crippen LogP contribution < -0.4 is 5.32 Å². The standard InChI is InChI=1S/C17H16F3N5/c1-11(22-16-8-7-15(23-24-16)17(18,19)20)13-3-5-14(6-4-13)25-10-9-21-12(25)2/h3-11H,1-2H3,(H,22,24). The van der Waals surface area contributed by atoms with Gasteiger partial charge in [0.1, 0.15) is 11.6 Å². The Labute approximate surface area is 142 Å². The van der Waals surface area contributed by atoms with Crippen molar-refractivity contribution in [2.24, 2.45) is 0 Å². The highest BCUT2D eigenvalue weighted by Gasteiger charge is 2.32. The molecule has 2 aromatic heterocycles. The van der Waals surface area contributed by atoms with E-state index in [4.69, 9.17) is 0 Å². The summed E-state index contributed by atoms with van der Waals surface area (Å²) < 4.78 is 39.5. The highest BCUT2D eigenvalue weighted by atomic mass is 19.4. The maximum Gasteiger partial charge on any atom is 0.435 e. The Morgan fingerprint density at radius 2 is 1.76 bits per heavy atom. The summed E-state index contributed by atoms with van der Waals surface area (Å²) in [6, 6.07) is 9.86. The molecular formula is C17H16F3N5. The van der Waals surface area contributed by atoms with Gasteiger partial charge in [-0.15, -0.1) is 10.2 Å². The molecule has 130 valence electrons. The molecule has 5 nitrogen and oxygen atoms in total. The van der Waals surface area contributed by atoms with Crippen LogP contribution in [0, 0.1) is 6.92 Å². The molecule has 3 rings (SSSR count). The molecule has 1 aromatic carbocycles. The van der Waals surface area contributed by atoms with Crippen LogP contribution in [0.1, 0.15) is 30.0 Å². The van der Waals surface area contributed by atoms with Crippen molar-refractivity contribution in [3.05, 3.63) is 65.9 Å². The van der Waals surface area contributed by atoms with Gasteiger partial charge in [-0.25, -0.2) is 4.98 Å². The first-order valence-electron chi connectivity index (χ1n) is 7.62. The van der Waals surface area contributed by atoms with Crippen molar-refractivity contribution in [2.45, 2.75) is 26.1 Å². The lowest BCUT2D eigenvalue weighted by Gasteiger charge is -2.16. The summed E-state index contributed by atoms with van der Waals surface area (Å²) in [6.45, 7) is 3.82. The first kappa shape index (κ1) is 16.9. The van der Waals surface area contributed by atoms with Crippen molar-refractivity contribution in [1.82, 2.24) is 19.7 Å². The van der Waals surface area contributed by atoms with E-state index in [1.807, 2.05) is 48.9 Å². The number of halogens is 3. The van der Waals surface area contributed by atoms with E-state index in [1.165, 1.54) is 6.07 Å². The van der Waals surface area contributed by atoms with E-state index in [-0.39, 0.29) is 11.9 Å². The second-order valence-electron chi connectivity index (χ2n) is 5.60. The average molecular weight is 347 g/mol. The van der Waals surface area contributed by atoms with E-state index in [2.05, 4.69) is 20.5 Å². The van der Waals surface area contributed by atoms with Crippen LogP contribution in [-0.2, 0) is 6.18 Å². The molecule has 0 bridgehead atoms. The predicted molar refractivity (Wildman–Crippen MR) is 87.4 cm³/mol. The van der Waals surface area contributed by atoms with Gasteiger partial charge >= 0.3 is 6.18 Å². The Morgan fingerprint density at radius 3 is 2.28 bits per heavy atom. The average Bonchev–Trinajstić information content (AvgIpc) is 3.01. The molecule has 0 radical (unpaired) electrons. The Bertz CT molecular complexity index is 838. The number of anilines is 1. The van der Waals surface area contributed by atoms with E-state index in [0.29, 0.717) is 0 Å². The molecule has 0 saturated carbocycles. The van der Waals surface area contributed by atoms with Gasteiger partial charge in [-0.2, -0.15) is 13.2 Å². The van der Waals surface area contributed by atoms with Crippen molar-refractivity contribution in [1.29, 1.82) is 0 Å². The Balaban J connectivity index is 1.71. The van der Waals surface area contributed by atoms with Crippen molar-refractivity contribution < 1.29 is 13.2 Å². The number of alkyl halides is 3.